The SMILES string of the molecule is CC[C@H](C)[C@@H]1NC(=O)CCCN(C(=O)c2ccccn2)CCn2nc(C)nc2[C@H](Cc2ccccc2)NC1=O. The van der Waals surface area contributed by atoms with E-state index in [4.69, 9.17) is 4.98 Å². The molecule has 0 bridgehead atoms. The fraction of sp³-hybridized carbons (Fsp3) is 0.448. The Morgan fingerprint density at radius 2 is 1.82 bits per heavy atom. The molecule has 1 aromatic carbocycles. The zero-order valence-electron chi connectivity index (χ0n) is 22.8. The third kappa shape index (κ3) is 7.28. The summed E-state index contributed by atoms with van der Waals surface area (Å²) in [5.41, 5.74) is 1.39. The average Bonchev–Trinajstić information content (AvgIpc) is 3.33. The van der Waals surface area contributed by atoms with Crippen LogP contribution in [-0.4, -0.2) is 61.5 Å². The third-order valence-electron chi connectivity index (χ3n) is 7.11. The highest BCUT2D eigenvalue weighted by Gasteiger charge is 2.31. The number of hydrogen-bond acceptors (Lipinski definition) is 6. The summed E-state index contributed by atoms with van der Waals surface area (Å²) < 4.78 is 1.78. The molecule has 0 radical (unpaired) electrons. The van der Waals surface area contributed by atoms with Crippen LogP contribution in [0.1, 0.15) is 66.9 Å². The molecule has 1 aliphatic rings. The monoisotopic (exact) mass is 531 g/mol. The summed E-state index contributed by atoms with van der Waals surface area (Å²) >= 11 is 0. The molecule has 2 N–H and O–H groups in total. The summed E-state index contributed by atoms with van der Waals surface area (Å²) in [6, 6.07) is 13.9. The Morgan fingerprint density at radius 3 is 2.54 bits per heavy atom. The standard InChI is InChI=1S/C29H37N7O3/c1-4-20(2)26-28(38)32-24(19-22-11-6-5-7-12-22)27-31-21(3)34-36(27)18-17-35(16-10-14-25(37)33-26)29(39)23-13-8-9-15-30-23/h5-9,11-13,15,20,24,26H,4,10,14,16-19H2,1-3H3,(H,32,38)(H,33,37)/t20-,24-,26-/m0/s1. The van der Waals surface area contributed by atoms with Gasteiger partial charge in [-0.05, 0) is 43.4 Å². The fourth-order valence-electron chi connectivity index (χ4n) is 4.77. The van der Waals surface area contributed by atoms with Crippen molar-refractivity contribution in [3.8, 4) is 0 Å². The predicted octanol–water partition coefficient (Wildman–Crippen LogP) is 2.85. The molecule has 0 saturated heterocycles. The number of benzene rings is 1. The first-order valence-electron chi connectivity index (χ1n) is 13.6. The van der Waals surface area contributed by atoms with Crippen LogP contribution in [0.3, 0.4) is 0 Å². The smallest absolute Gasteiger partial charge is 0.272 e. The summed E-state index contributed by atoms with van der Waals surface area (Å²) in [4.78, 5) is 50.5. The van der Waals surface area contributed by atoms with Crippen LogP contribution in [0.25, 0.3) is 0 Å². The largest absolute Gasteiger partial charge is 0.344 e. The van der Waals surface area contributed by atoms with Crippen molar-refractivity contribution in [2.45, 2.75) is 65.1 Å². The van der Waals surface area contributed by atoms with Gasteiger partial charge < -0.3 is 15.5 Å². The molecule has 39 heavy (non-hydrogen) atoms. The average molecular weight is 532 g/mol. The van der Waals surface area contributed by atoms with E-state index >= 15 is 0 Å². The highest BCUT2D eigenvalue weighted by molar-refractivity contribution is 5.92. The van der Waals surface area contributed by atoms with E-state index in [0.29, 0.717) is 49.8 Å². The molecule has 3 atom stereocenters. The maximum atomic E-state index is 13.6. The number of hydrogen-bond donors (Lipinski definition) is 2. The molecule has 10 nitrogen and oxygen atoms in total. The van der Waals surface area contributed by atoms with Crippen LogP contribution in [0.5, 0.6) is 0 Å². The highest BCUT2D eigenvalue weighted by Crippen LogP contribution is 2.20. The van der Waals surface area contributed by atoms with E-state index < -0.39 is 12.1 Å². The molecular weight excluding hydrogens is 494 g/mol. The number of nitrogens with one attached hydrogen (secondary N) is 2. The van der Waals surface area contributed by atoms with E-state index in [1.165, 1.54) is 0 Å². The molecule has 2 aromatic heterocycles. The van der Waals surface area contributed by atoms with Gasteiger partial charge in [-0.15, -0.1) is 0 Å². The number of pyridine rings is 1. The van der Waals surface area contributed by atoms with Crippen LogP contribution in [0.2, 0.25) is 0 Å². The van der Waals surface area contributed by atoms with Gasteiger partial charge in [0.1, 0.15) is 23.4 Å². The minimum Gasteiger partial charge on any atom is -0.344 e. The second-order valence-corrected chi connectivity index (χ2v) is 10.0. The second kappa shape index (κ2) is 13.1. The van der Waals surface area contributed by atoms with Crippen LogP contribution < -0.4 is 10.6 Å². The molecule has 0 spiro atoms. The Bertz CT molecular complexity index is 1260. The second-order valence-electron chi connectivity index (χ2n) is 10.0. The number of fused-ring (bicyclic) bond motifs is 1. The summed E-state index contributed by atoms with van der Waals surface area (Å²) in [5.74, 6) is 0.470. The maximum Gasteiger partial charge on any atom is 0.272 e. The van der Waals surface area contributed by atoms with Gasteiger partial charge in [-0.1, -0.05) is 56.7 Å². The van der Waals surface area contributed by atoms with Crippen molar-refractivity contribution in [3.63, 3.8) is 0 Å². The van der Waals surface area contributed by atoms with Gasteiger partial charge >= 0.3 is 0 Å². The lowest BCUT2D eigenvalue weighted by molar-refractivity contribution is -0.130. The van der Waals surface area contributed by atoms with Crippen molar-refractivity contribution in [2.24, 2.45) is 5.92 Å². The molecule has 3 amide bonds. The van der Waals surface area contributed by atoms with Gasteiger partial charge in [0.15, 0.2) is 0 Å². The molecule has 0 unspecified atom stereocenters. The predicted molar refractivity (Wildman–Crippen MR) is 147 cm³/mol. The van der Waals surface area contributed by atoms with Crippen molar-refractivity contribution in [3.05, 3.63) is 77.6 Å². The minimum atomic E-state index is -0.688. The molecular formula is C29H37N7O3. The van der Waals surface area contributed by atoms with Crippen molar-refractivity contribution in [1.29, 1.82) is 0 Å². The first-order valence-corrected chi connectivity index (χ1v) is 13.6. The van der Waals surface area contributed by atoms with Crippen molar-refractivity contribution >= 4 is 17.7 Å². The van der Waals surface area contributed by atoms with Crippen molar-refractivity contribution in [2.75, 3.05) is 13.1 Å². The summed E-state index contributed by atoms with van der Waals surface area (Å²) in [5, 5.41) is 10.7. The Hall–Kier alpha value is -4.08. The van der Waals surface area contributed by atoms with E-state index in [2.05, 4.69) is 20.7 Å². The Labute approximate surface area is 229 Å². The zero-order chi connectivity index (χ0) is 27.8. The quantitative estimate of drug-likeness (QED) is 0.522. The number of rotatable bonds is 5. The van der Waals surface area contributed by atoms with Gasteiger partial charge in [0.2, 0.25) is 11.8 Å². The molecule has 0 fully saturated rings. The number of carbonyl (C=O) groups is 3. The topological polar surface area (TPSA) is 122 Å². The molecule has 0 aliphatic carbocycles. The fourth-order valence-corrected chi connectivity index (χ4v) is 4.77. The number of nitrogens with zero attached hydrogens (tertiary/aromatic N) is 5. The lowest BCUT2D eigenvalue weighted by Gasteiger charge is -2.28. The van der Waals surface area contributed by atoms with Crippen molar-refractivity contribution in [1.82, 2.24) is 35.3 Å². The van der Waals surface area contributed by atoms with Crippen molar-refractivity contribution < 1.29 is 14.4 Å². The molecule has 3 heterocycles. The summed E-state index contributed by atoms with van der Waals surface area (Å²) in [6.45, 7) is 6.89. The molecule has 0 saturated carbocycles. The van der Waals surface area contributed by atoms with Gasteiger partial charge in [0.25, 0.3) is 5.91 Å². The molecule has 206 valence electrons. The Kier molecular flexibility index (Phi) is 9.40. The molecule has 4 rings (SSSR count). The summed E-state index contributed by atoms with van der Waals surface area (Å²) in [6.07, 6.45) is 3.48. The van der Waals surface area contributed by atoms with E-state index in [-0.39, 0.29) is 30.1 Å². The lowest BCUT2D eigenvalue weighted by Crippen LogP contribution is -2.51. The molecule has 3 aromatic rings. The highest BCUT2D eigenvalue weighted by atomic mass is 16.2. The third-order valence-corrected chi connectivity index (χ3v) is 7.11. The minimum absolute atomic E-state index is 0.0685. The van der Waals surface area contributed by atoms with Crippen LogP contribution >= 0.6 is 0 Å². The number of aryl methyl sites for hydroxylation is 1. The Balaban J connectivity index is 1.70. The van der Waals surface area contributed by atoms with Gasteiger partial charge in [0.05, 0.1) is 12.6 Å². The lowest BCUT2D eigenvalue weighted by atomic mass is 9.97. The van der Waals surface area contributed by atoms with Gasteiger partial charge in [-0.3, -0.25) is 19.4 Å². The van der Waals surface area contributed by atoms with E-state index in [1.54, 1.807) is 34.0 Å². The maximum absolute atomic E-state index is 13.6. The van der Waals surface area contributed by atoms with Crippen LogP contribution in [-0.2, 0) is 22.6 Å². The summed E-state index contributed by atoms with van der Waals surface area (Å²) in [7, 11) is 0. The van der Waals surface area contributed by atoms with E-state index in [0.717, 1.165) is 12.0 Å². The normalized spacial score (nSPS) is 19.8. The number of carbonyl (C=O) groups excluding carboxylic acids is 3. The van der Waals surface area contributed by atoms with Crippen LogP contribution in [0, 0.1) is 12.8 Å². The zero-order valence-corrected chi connectivity index (χ0v) is 22.8. The first kappa shape index (κ1) is 27.9. The van der Waals surface area contributed by atoms with Gasteiger partial charge in [0, 0.05) is 25.7 Å². The van der Waals surface area contributed by atoms with Crippen LogP contribution in [0.4, 0.5) is 0 Å². The number of amides is 3. The van der Waals surface area contributed by atoms with Gasteiger partial charge in [-0.25, -0.2) is 9.67 Å². The number of aromatic nitrogens is 4. The Morgan fingerprint density at radius 1 is 1.05 bits per heavy atom. The molecule has 10 heteroatoms. The van der Waals surface area contributed by atoms with E-state index in [1.807, 2.05) is 51.1 Å². The van der Waals surface area contributed by atoms with Gasteiger partial charge in [-0.2, -0.15) is 5.10 Å². The van der Waals surface area contributed by atoms with E-state index in [9.17, 15) is 14.4 Å². The van der Waals surface area contributed by atoms with Crippen LogP contribution in [0.15, 0.2) is 54.7 Å². The molecule has 1 aliphatic heterocycles. The first-order chi connectivity index (χ1) is 18.9.